The Hall–Kier alpha value is -2.41. The summed E-state index contributed by atoms with van der Waals surface area (Å²) < 4.78 is 5.54. The Labute approximate surface area is 99.5 Å². The zero-order chi connectivity index (χ0) is 12.3. The molecule has 0 spiro atoms. The fourth-order valence-electron chi connectivity index (χ4n) is 1.32. The number of aromatic nitrogens is 2. The van der Waals surface area contributed by atoms with Gasteiger partial charge in [-0.05, 0) is 38.1 Å². The van der Waals surface area contributed by atoms with Gasteiger partial charge in [0.2, 0.25) is 5.88 Å². The second kappa shape index (κ2) is 4.62. The van der Waals surface area contributed by atoms with Crippen molar-refractivity contribution < 1.29 is 4.74 Å². The monoisotopic (exact) mass is 225 g/mol. The maximum absolute atomic E-state index is 8.95. The number of nitrogens with zero attached hydrogens (tertiary/aromatic N) is 3. The lowest BCUT2D eigenvalue weighted by molar-refractivity contribution is 0.457. The highest BCUT2D eigenvalue weighted by Crippen LogP contribution is 2.22. The van der Waals surface area contributed by atoms with Gasteiger partial charge in [-0.2, -0.15) is 5.26 Å². The standard InChI is InChI=1S/C13H11N3O/c1-9-4-6-12(8-15-9)17-13-11(7-14)5-3-10(2)16-13/h3-6,8H,1-2H3. The van der Waals surface area contributed by atoms with Gasteiger partial charge in [-0.3, -0.25) is 4.98 Å². The SMILES string of the molecule is Cc1ccc(Oc2nc(C)ccc2C#N)cn1. The minimum Gasteiger partial charge on any atom is -0.436 e. The van der Waals surface area contributed by atoms with Crippen molar-refractivity contribution in [2.45, 2.75) is 13.8 Å². The predicted molar refractivity (Wildman–Crippen MR) is 62.7 cm³/mol. The first-order valence-electron chi connectivity index (χ1n) is 5.17. The molecule has 0 aliphatic heterocycles. The van der Waals surface area contributed by atoms with Gasteiger partial charge in [0, 0.05) is 11.4 Å². The fourth-order valence-corrected chi connectivity index (χ4v) is 1.32. The number of pyridine rings is 2. The Bertz CT molecular complexity index is 570. The van der Waals surface area contributed by atoms with Crippen LogP contribution in [-0.2, 0) is 0 Å². The Kier molecular flexibility index (Phi) is 3.01. The second-order valence-electron chi connectivity index (χ2n) is 3.65. The highest BCUT2D eigenvalue weighted by atomic mass is 16.5. The van der Waals surface area contributed by atoms with Crippen LogP contribution in [0.2, 0.25) is 0 Å². The van der Waals surface area contributed by atoms with E-state index in [1.54, 1.807) is 24.4 Å². The van der Waals surface area contributed by atoms with Crippen LogP contribution in [0.1, 0.15) is 17.0 Å². The third-order valence-electron chi connectivity index (χ3n) is 2.22. The Morgan fingerprint density at radius 2 is 1.88 bits per heavy atom. The summed E-state index contributed by atoms with van der Waals surface area (Å²) >= 11 is 0. The molecule has 0 aliphatic carbocycles. The van der Waals surface area contributed by atoms with E-state index in [1.807, 2.05) is 26.0 Å². The number of nitriles is 1. The van der Waals surface area contributed by atoms with Crippen molar-refractivity contribution in [3.8, 4) is 17.7 Å². The molecule has 0 radical (unpaired) electrons. The van der Waals surface area contributed by atoms with Crippen molar-refractivity contribution in [3.63, 3.8) is 0 Å². The molecule has 0 saturated carbocycles. The largest absolute Gasteiger partial charge is 0.436 e. The van der Waals surface area contributed by atoms with Crippen LogP contribution in [0.3, 0.4) is 0 Å². The van der Waals surface area contributed by atoms with Crippen molar-refractivity contribution >= 4 is 0 Å². The second-order valence-corrected chi connectivity index (χ2v) is 3.65. The molecule has 0 saturated heterocycles. The number of ether oxygens (including phenoxy) is 1. The highest BCUT2D eigenvalue weighted by molar-refractivity contribution is 5.40. The van der Waals surface area contributed by atoms with Gasteiger partial charge in [-0.1, -0.05) is 0 Å². The summed E-state index contributed by atoms with van der Waals surface area (Å²) in [5, 5.41) is 8.95. The molecule has 17 heavy (non-hydrogen) atoms. The molecule has 0 unspecified atom stereocenters. The summed E-state index contributed by atoms with van der Waals surface area (Å²) in [6.07, 6.45) is 1.61. The fraction of sp³-hybridized carbons (Fsp3) is 0.154. The van der Waals surface area contributed by atoms with Gasteiger partial charge in [-0.25, -0.2) is 4.98 Å². The zero-order valence-electron chi connectivity index (χ0n) is 9.64. The van der Waals surface area contributed by atoms with E-state index in [-0.39, 0.29) is 0 Å². The molecule has 0 atom stereocenters. The summed E-state index contributed by atoms with van der Waals surface area (Å²) in [4.78, 5) is 8.31. The average Bonchev–Trinajstić information content (AvgIpc) is 2.32. The summed E-state index contributed by atoms with van der Waals surface area (Å²) in [6, 6.07) is 9.16. The maximum Gasteiger partial charge on any atom is 0.237 e. The first-order chi connectivity index (χ1) is 8.19. The maximum atomic E-state index is 8.95. The van der Waals surface area contributed by atoms with Gasteiger partial charge in [0.05, 0.1) is 6.20 Å². The van der Waals surface area contributed by atoms with Crippen molar-refractivity contribution in [1.29, 1.82) is 5.26 Å². The molecule has 0 amide bonds. The molecule has 0 aliphatic rings. The van der Waals surface area contributed by atoms with Crippen LogP contribution in [0.5, 0.6) is 11.6 Å². The van der Waals surface area contributed by atoms with E-state index in [2.05, 4.69) is 9.97 Å². The number of aryl methyl sites for hydroxylation is 2. The first kappa shape index (κ1) is 11.1. The topological polar surface area (TPSA) is 58.8 Å². The molecule has 2 rings (SSSR count). The van der Waals surface area contributed by atoms with Crippen LogP contribution in [0.25, 0.3) is 0 Å². The van der Waals surface area contributed by atoms with E-state index in [1.165, 1.54) is 0 Å². The van der Waals surface area contributed by atoms with Crippen LogP contribution in [0.4, 0.5) is 0 Å². The van der Waals surface area contributed by atoms with Crippen LogP contribution >= 0.6 is 0 Å². The van der Waals surface area contributed by atoms with Gasteiger partial charge in [0.1, 0.15) is 17.4 Å². The van der Waals surface area contributed by atoms with Gasteiger partial charge >= 0.3 is 0 Å². The van der Waals surface area contributed by atoms with E-state index in [4.69, 9.17) is 10.00 Å². The lowest BCUT2D eigenvalue weighted by Gasteiger charge is -2.06. The number of rotatable bonds is 2. The summed E-state index contributed by atoms with van der Waals surface area (Å²) in [7, 11) is 0. The van der Waals surface area contributed by atoms with E-state index in [0.717, 1.165) is 11.4 Å². The van der Waals surface area contributed by atoms with E-state index < -0.39 is 0 Å². The molecule has 4 heteroatoms. The van der Waals surface area contributed by atoms with E-state index in [0.29, 0.717) is 17.2 Å². The Balaban J connectivity index is 2.32. The molecule has 0 fully saturated rings. The van der Waals surface area contributed by atoms with E-state index >= 15 is 0 Å². The lowest BCUT2D eigenvalue weighted by Crippen LogP contribution is -1.94. The molecular formula is C13H11N3O. The molecule has 4 nitrogen and oxygen atoms in total. The van der Waals surface area contributed by atoms with Crippen LogP contribution in [0, 0.1) is 25.2 Å². The number of hydrogen-bond acceptors (Lipinski definition) is 4. The van der Waals surface area contributed by atoms with Gasteiger partial charge in [0.25, 0.3) is 0 Å². The first-order valence-corrected chi connectivity index (χ1v) is 5.17. The predicted octanol–water partition coefficient (Wildman–Crippen LogP) is 2.76. The molecule has 2 aromatic heterocycles. The molecule has 0 N–H and O–H groups in total. The van der Waals surface area contributed by atoms with Crippen molar-refractivity contribution in [1.82, 2.24) is 9.97 Å². The smallest absolute Gasteiger partial charge is 0.237 e. The van der Waals surface area contributed by atoms with Crippen molar-refractivity contribution in [2.24, 2.45) is 0 Å². The molecule has 2 heterocycles. The number of hydrogen-bond donors (Lipinski definition) is 0. The van der Waals surface area contributed by atoms with Crippen molar-refractivity contribution in [3.05, 3.63) is 47.4 Å². The molecule has 84 valence electrons. The summed E-state index contributed by atoms with van der Waals surface area (Å²) in [5.41, 5.74) is 2.13. The summed E-state index contributed by atoms with van der Waals surface area (Å²) in [6.45, 7) is 3.75. The summed E-state index contributed by atoms with van der Waals surface area (Å²) in [5.74, 6) is 0.892. The van der Waals surface area contributed by atoms with Crippen LogP contribution < -0.4 is 4.74 Å². The van der Waals surface area contributed by atoms with Gasteiger partial charge in [-0.15, -0.1) is 0 Å². The average molecular weight is 225 g/mol. The van der Waals surface area contributed by atoms with E-state index in [9.17, 15) is 0 Å². The quantitative estimate of drug-likeness (QED) is 0.788. The van der Waals surface area contributed by atoms with Gasteiger partial charge in [0.15, 0.2) is 0 Å². The van der Waals surface area contributed by atoms with Crippen LogP contribution in [-0.4, -0.2) is 9.97 Å². The normalized spacial score (nSPS) is 9.71. The molecule has 0 bridgehead atoms. The zero-order valence-corrected chi connectivity index (χ0v) is 9.64. The van der Waals surface area contributed by atoms with Crippen molar-refractivity contribution in [2.75, 3.05) is 0 Å². The molecular weight excluding hydrogens is 214 g/mol. The van der Waals surface area contributed by atoms with Gasteiger partial charge < -0.3 is 4.74 Å². The Morgan fingerprint density at radius 1 is 1.12 bits per heavy atom. The minimum absolute atomic E-state index is 0.318. The molecule has 0 aromatic carbocycles. The third kappa shape index (κ3) is 2.58. The highest BCUT2D eigenvalue weighted by Gasteiger charge is 2.06. The van der Waals surface area contributed by atoms with Crippen LogP contribution in [0.15, 0.2) is 30.5 Å². The molecule has 2 aromatic rings. The lowest BCUT2D eigenvalue weighted by atomic mass is 10.2. The minimum atomic E-state index is 0.318. The third-order valence-corrected chi connectivity index (χ3v) is 2.22. The Morgan fingerprint density at radius 3 is 2.53 bits per heavy atom.